The van der Waals surface area contributed by atoms with Gasteiger partial charge < -0.3 is 5.32 Å². The van der Waals surface area contributed by atoms with Gasteiger partial charge in [0.25, 0.3) is 0 Å². The minimum Gasteiger partial charge on any atom is -0.319 e. The minimum absolute atomic E-state index is 0.436. The molecule has 0 amide bonds. The molecule has 4 heteroatoms. The Labute approximate surface area is 54.9 Å². The molecule has 0 aromatic rings. The highest BCUT2D eigenvalue weighted by molar-refractivity contribution is 4.57. The first-order valence-electron chi connectivity index (χ1n) is 2.96. The summed E-state index contributed by atoms with van der Waals surface area (Å²) in [5, 5.41) is 6.42. The van der Waals surface area contributed by atoms with Gasteiger partial charge in [0.15, 0.2) is 0 Å². The molecule has 0 radical (unpaired) electrons. The zero-order chi connectivity index (χ0) is 7.11. The van der Waals surface area contributed by atoms with Gasteiger partial charge in [-0.25, -0.2) is 0 Å². The smallest absolute Gasteiger partial charge is 0.0295 e. The van der Waals surface area contributed by atoms with Gasteiger partial charge in [0.05, 0.1) is 0 Å². The SMILES string of the molecule is CNCC(C)CN=[N+]=[N-]. The van der Waals surface area contributed by atoms with Crippen LogP contribution in [-0.2, 0) is 0 Å². The molecule has 1 N–H and O–H groups in total. The van der Waals surface area contributed by atoms with Crippen LogP contribution in [0.25, 0.3) is 10.4 Å². The average Bonchev–Trinajstić information content (AvgIpc) is 1.85. The molecule has 0 aliphatic heterocycles. The topological polar surface area (TPSA) is 60.8 Å². The van der Waals surface area contributed by atoms with E-state index in [1.165, 1.54) is 0 Å². The second kappa shape index (κ2) is 5.41. The molecule has 0 heterocycles. The van der Waals surface area contributed by atoms with E-state index in [-0.39, 0.29) is 0 Å². The molecule has 0 saturated carbocycles. The number of nitrogens with zero attached hydrogens (tertiary/aromatic N) is 3. The second-order valence-corrected chi connectivity index (χ2v) is 2.08. The van der Waals surface area contributed by atoms with E-state index in [1.54, 1.807) is 0 Å². The second-order valence-electron chi connectivity index (χ2n) is 2.08. The van der Waals surface area contributed by atoms with Crippen molar-refractivity contribution in [1.82, 2.24) is 5.32 Å². The summed E-state index contributed by atoms with van der Waals surface area (Å²) in [4.78, 5) is 2.66. The molecule has 52 valence electrons. The lowest BCUT2D eigenvalue weighted by atomic mass is 10.2. The van der Waals surface area contributed by atoms with Crippen LogP contribution in [0.5, 0.6) is 0 Å². The normalized spacial score (nSPS) is 12.2. The fraction of sp³-hybridized carbons (Fsp3) is 1.00. The van der Waals surface area contributed by atoms with Crippen molar-refractivity contribution in [2.24, 2.45) is 11.0 Å². The van der Waals surface area contributed by atoms with Gasteiger partial charge >= 0.3 is 0 Å². The van der Waals surface area contributed by atoms with E-state index < -0.39 is 0 Å². The lowest BCUT2D eigenvalue weighted by molar-refractivity contribution is 0.554. The zero-order valence-corrected chi connectivity index (χ0v) is 5.83. The molecule has 9 heavy (non-hydrogen) atoms. The number of hydrogen-bond donors (Lipinski definition) is 1. The lowest BCUT2D eigenvalue weighted by Crippen LogP contribution is -2.17. The quantitative estimate of drug-likeness (QED) is 0.344. The summed E-state index contributed by atoms with van der Waals surface area (Å²) >= 11 is 0. The summed E-state index contributed by atoms with van der Waals surface area (Å²) in [5.41, 5.74) is 7.92. The van der Waals surface area contributed by atoms with Crippen LogP contribution >= 0.6 is 0 Å². The van der Waals surface area contributed by atoms with Crippen molar-refractivity contribution < 1.29 is 0 Å². The van der Waals surface area contributed by atoms with E-state index in [4.69, 9.17) is 5.53 Å². The molecule has 0 bridgehead atoms. The van der Waals surface area contributed by atoms with Gasteiger partial charge in [-0.1, -0.05) is 12.0 Å². The van der Waals surface area contributed by atoms with Crippen molar-refractivity contribution in [1.29, 1.82) is 0 Å². The van der Waals surface area contributed by atoms with Crippen LogP contribution in [0.15, 0.2) is 5.11 Å². The summed E-state index contributed by atoms with van der Waals surface area (Å²) in [6.45, 7) is 3.52. The van der Waals surface area contributed by atoms with Crippen LogP contribution in [0.1, 0.15) is 6.92 Å². The van der Waals surface area contributed by atoms with Crippen LogP contribution in [0, 0.1) is 5.92 Å². The highest BCUT2D eigenvalue weighted by Gasteiger charge is 1.95. The van der Waals surface area contributed by atoms with E-state index in [9.17, 15) is 0 Å². The monoisotopic (exact) mass is 128 g/mol. The Kier molecular flexibility index (Phi) is 4.97. The fourth-order valence-electron chi connectivity index (χ4n) is 0.589. The van der Waals surface area contributed by atoms with Crippen LogP contribution in [0.4, 0.5) is 0 Å². The summed E-state index contributed by atoms with van der Waals surface area (Å²) in [5.74, 6) is 0.436. The van der Waals surface area contributed by atoms with E-state index in [2.05, 4.69) is 15.3 Å². The maximum absolute atomic E-state index is 7.92. The molecule has 0 spiro atoms. The van der Waals surface area contributed by atoms with E-state index in [1.807, 2.05) is 14.0 Å². The van der Waals surface area contributed by atoms with Crippen molar-refractivity contribution in [2.45, 2.75) is 6.92 Å². The minimum atomic E-state index is 0.436. The first-order valence-corrected chi connectivity index (χ1v) is 2.96. The van der Waals surface area contributed by atoms with Crippen molar-refractivity contribution >= 4 is 0 Å². The Morgan fingerprint density at radius 2 is 2.44 bits per heavy atom. The zero-order valence-electron chi connectivity index (χ0n) is 5.83. The first-order chi connectivity index (χ1) is 4.31. The number of rotatable bonds is 4. The lowest BCUT2D eigenvalue weighted by Gasteiger charge is -2.04. The predicted molar refractivity (Wildman–Crippen MR) is 37.1 cm³/mol. The molecule has 1 unspecified atom stereocenters. The van der Waals surface area contributed by atoms with Crippen molar-refractivity contribution in [3.8, 4) is 0 Å². The third kappa shape index (κ3) is 5.14. The van der Waals surface area contributed by atoms with Gasteiger partial charge in [-0.3, -0.25) is 0 Å². The summed E-state index contributed by atoms with van der Waals surface area (Å²) in [6.07, 6.45) is 0. The van der Waals surface area contributed by atoms with Gasteiger partial charge in [-0.05, 0) is 25.0 Å². The van der Waals surface area contributed by atoms with Gasteiger partial charge in [-0.2, -0.15) is 0 Å². The molecule has 0 saturated heterocycles. The third-order valence-corrected chi connectivity index (χ3v) is 1.01. The van der Waals surface area contributed by atoms with Gasteiger partial charge in [0.1, 0.15) is 0 Å². The maximum atomic E-state index is 7.92. The summed E-state index contributed by atoms with van der Waals surface area (Å²) < 4.78 is 0. The molecule has 0 aliphatic carbocycles. The first kappa shape index (κ1) is 8.27. The number of azide groups is 1. The third-order valence-electron chi connectivity index (χ3n) is 1.01. The molecular weight excluding hydrogens is 116 g/mol. The number of hydrogen-bond acceptors (Lipinski definition) is 2. The molecule has 4 nitrogen and oxygen atoms in total. The largest absolute Gasteiger partial charge is 0.319 e. The van der Waals surface area contributed by atoms with E-state index in [0.717, 1.165) is 6.54 Å². The highest BCUT2D eigenvalue weighted by Crippen LogP contribution is 1.91. The Morgan fingerprint density at radius 1 is 1.78 bits per heavy atom. The number of nitrogens with one attached hydrogen (secondary N) is 1. The van der Waals surface area contributed by atoms with Crippen LogP contribution in [0.2, 0.25) is 0 Å². The molecular formula is C5H12N4. The maximum Gasteiger partial charge on any atom is 0.0295 e. The van der Waals surface area contributed by atoms with Crippen LogP contribution in [0.3, 0.4) is 0 Å². The van der Waals surface area contributed by atoms with Gasteiger partial charge in [0, 0.05) is 11.5 Å². The van der Waals surface area contributed by atoms with Crippen molar-refractivity contribution in [2.75, 3.05) is 20.1 Å². The molecule has 0 fully saturated rings. The van der Waals surface area contributed by atoms with Crippen LogP contribution in [-0.4, -0.2) is 20.1 Å². The average molecular weight is 128 g/mol. The predicted octanol–water partition coefficient (Wildman–Crippen LogP) is 1.15. The van der Waals surface area contributed by atoms with Crippen molar-refractivity contribution in [3.63, 3.8) is 0 Å². The summed E-state index contributed by atoms with van der Waals surface area (Å²) in [6, 6.07) is 0. The highest BCUT2D eigenvalue weighted by atomic mass is 15.1. The Balaban J connectivity index is 3.25. The van der Waals surface area contributed by atoms with E-state index >= 15 is 0 Å². The molecule has 0 aromatic heterocycles. The standard InChI is InChI=1S/C5H12N4/c1-5(3-7-2)4-8-9-6/h5,7H,3-4H2,1-2H3. The molecule has 0 aliphatic rings. The molecule has 0 rings (SSSR count). The summed E-state index contributed by atoms with van der Waals surface area (Å²) in [7, 11) is 1.88. The Hall–Kier alpha value is -0.730. The Bertz CT molecular complexity index is 106. The van der Waals surface area contributed by atoms with E-state index in [0.29, 0.717) is 12.5 Å². The van der Waals surface area contributed by atoms with Crippen LogP contribution < -0.4 is 5.32 Å². The van der Waals surface area contributed by atoms with Gasteiger partial charge in [0.2, 0.25) is 0 Å². The Morgan fingerprint density at radius 3 is 2.89 bits per heavy atom. The van der Waals surface area contributed by atoms with Gasteiger partial charge in [-0.15, -0.1) is 0 Å². The molecule has 1 atom stereocenters. The fourth-order valence-corrected chi connectivity index (χ4v) is 0.589. The van der Waals surface area contributed by atoms with Crippen molar-refractivity contribution in [3.05, 3.63) is 10.4 Å². The molecule has 0 aromatic carbocycles.